The van der Waals surface area contributed by atoms with Gasteiger partial charge in [0.05, 0.1) is 23.9 Å². The Morgan fingerprint density at radius 2 is 1.93 bits per heavy atom. The zero-order valence-electron chi connectivity index (χ0n) is 15.9. The van der Waals surface area contributed by atoms with Gasteiger partial charge in [-0.15, -0.1) is 0 Å². The summed E-state index contributed by atoms with van der Waals surface area (Å²) in [6.45, 7) is 2.49. The van der Waals surface area contributed by atoms with E-state index in [2.05, 4.69) is 32.6 Å². The number of nitriles is 1. The molecule has 3 rings (SSSR count). The van der Waals surface area contributed by atoms with Crippen LogP contribution in [0.3, 0.4) is 0 Å². The molecule has 0 heterocycles. The van der Waals surface area contributed by atoms with Gasteiger partial charge in [0.2, 0.25) is 5.91 Å². The van der Waals surface area contributed by atoms with Gasteiger partial charge in [0, 0.05) is 16.2 Å². The predicted octanol–water partition coefficient (Wildman–Crippen LogP) is 5.26. The van der Waals surface area contributed by atoms with Gasteiger partial charge < -0.3 is 15.4 Å². The number of anilines is 2. The lowest BCUT2D eigenvalue weighted by Crippen LogP contribution is -2.21. The fraction of sp³-hybridized carbons (Fsp3) is 0.130. The van der Waals surface area contributed by atoms with E-state index in [4.69, 9.17) is 10.00 Å². The molecule has 0 unspecified atom stereocenters. The number of halogens is 1. The maximum absolute atomic E-state index is 12.2. The Bertz CT molecular complexity index is 1060. The summed E-state index contributed by atoms with van der Waals surface area (Å²) in [7, 11) is 0. The summed E-state index contributed by atoms with van der Waals surface area (Å²) in [4.78, 5) is 12.2. The topological polar surface area (TPSA) is 74.2 Å². The summed E-state index contributed by atoms with van der Waals surface area (Å²) in [5.74, 6) is 0.535. The molecule has 3 aromatic carbocycles. The van der Waals surface area contributed by atoms with Crippen LogP contribution in [0.1, 0.15) is 16.7 Å². The van der Waals surface area contributed by atoms with E-state index in [9.17, 15) is 4.79 Å². The number of nitrogens with one attached hydrogen (secondary N) is 2. The van der Waals surface area contributed by atoms with Crippen LogP contribution in [0, 0.1) is 18.3 Å². The van der Waals surface area contributed by atoms with Crippen LogP contribution in [0.15, 0.2) is 71.2 Å². The third-order valence-electron chi connectivity index (χ3n) is 4.15. The molecule has 2 N–H and O–H groups in total. The predicted molar refractivity (Wildman–Crippen MR) is 118 cm³/mol. The Hall–Kier alpha value is -3.30. The third-order valence-corrected chi connectivity index (χ3v) is 4.80. The van der Waals surface area contributed by atoms with Crippen molar-refractivity contribution in [3.05, 3.63) is 87.9 Å². The number of carbonyl (C=O) groups excluding carboxylic acids is 1. The number of hydrogen-bond donors (Lipinski definition) is 2. The van der Waals surface area contributed by atoms with E-state index in [1.807, 2.05) is 61.5 Å². The van der Waals surface area contributed by atoms with Crippen molar-refractivity contribution in [2.75, 3.05) is 17.2 Å². The molecule has 3 aromatic rings. The average molecular weight is 450 g/mol. The SMILES string of the molecule is Cc1ccc(NC(=O)CNc2cccc(OCc3cccc(C#N)c3)c2)c(Br)c1. The van der Waals surface area contributed by atoms with Gasteiger partial charge in [-0.25, -0.2) is 0 Å². The van der Waals surface area contributed by atoms with Crippen LogP contribution in [0.5, 0.6) is 5.75 Å². The number of hydrogen-bond acceptors (Lipinski definition) is 4. The molecule has 0 radical (unpaired) electrons. The molecule has 0 aliphatic rings. The number of benzene rings is 3. The first kappa shape index (κ1) is 20.4. The molecule has 0 spiro atoms. The van der Waals surface area contributed by atoms with E-state index in [1.165, 1.54) is 0 Å². The van der Waals surface area contributed by atoms with Crippen LogP contribution in [0.2, 0.25) is 0 Å². The number of nitrogens with zero attached hydrogens (tertiary/aromatic N) is 1. The average Bonchev–Trinajstić information content (AvgIpc) is 2.73. The van der Waals surface area contributed by atoms with Crippen LogP contribution < -0.4 is 15.4 Å². The largest absolute Gasteiger partial charge is 0.489 e. The smallest absolute Gasteiger partial charge is 0.243 e. The molecule has 1 amide bonds. The Morgan fingerprint density at radius 3 is 2.72 bits per heavy atom. The van der Waals surface area contributed by atoms with Crippen molar-refractivity contribution in [3.63, 3.8) is 0 Å². The van der Waals surface area contributed by atoms with Gasteiger partial charge in [0.15, 0.2) is 0 Å². The number of rotatable bonds is 7. The van der Waals surface area contributed by atoms with Crippen molar-refractivity contribution >= 4 is 33.2 Å². The Labute approximate surface area is 178 Å². The second-order valence-corrected chi connectivity index (χ2v) is 7.37. The van der Waals surface area contributed by atoms with Gasteiger partial charge in [-0.05, 0) is 70.4 Å². The highest BCUT2D eigenvalue weighted by molar-refractivity contribution is 9.10. The van der Waals surface area contributed by atoms with Crippen molar-refractivity contribution in [2.24, 2.45) is 0 Å². The van der Waals surface area contributed by atoms with Crippen LogP contribution >= 0.6 is 15.9 Å². The molecular formula is C23H20BrN3O2. The molecule has 146 valence electrons. The quantitative estimate of drug-likeness (QED) is 0.515. The van der Waals surface area contributed by atoms with Gasteiger partial charge in [0.25, 0.3) is 0 Å². The van der Waals surface area contributed by atoms with E-state index >= 15 is 0 Å². The lowest BCUT2D eigenvalue weighted by Gasteiger charge is -2.11. The molecule has 5 nitrogen and oxygen atoms in total. The fourth-order valence-corrected chi connectivity index (χ4v) is 3.28. The maximum atomic E-state index is 12.2. The van der Waals surface area contributed by atoms with E-state index in [0.717, 1.165) is 27.0 Å². The van der Waals surface area contributed by atoms with Crippen LogP contribution in [-0.2, 0) is 11.4 Å². The lowest BCUT2D eigenvalue weighted by molar-refractivity contribution is -0.114. The van der Waals surface area contributed by atoms with Crippen molar-refractivity contribution in [1.29, 1.82) is 5.26 Å². The highest BCUT2D eigenvalue weighted by Crippen LogP contribution is 2.23. The van der Waals surface area contributed by atoms with Crippen molar-refractivity contribution < 1.29 is 9.53 Å². The number of aryl methyl sites for hydroxylation is 1. The second-order valence-electron chi connectivity index (χ2n) is 6.51. The van der Waals surface area contributed by atoms with Gasteiger partial charge in [-0.1, -0.05) is 24.3 Å². The number of amides is 1. The molecule has 0 aliphatic carbocycles. The molecule has 0 fully saturated rings. The van der Waals surface area contributed by atoms with Crippen LogP contribution in [0.4, 0.5) is 11.4 Å². The minimum Gasteiger partial charge on any atom is -0.489 e. The van der Waals surface area contributed by atoms with Crippen molar-refractivity contribution in [1.82, 2.24) is 0 Å². The summed E-state index contributed by atoms with van der Waals surface area (Å²) in [6.07, 6.45) is 0. The molecule has 29 heavy (non-hydrogen) atoms. The van der Waals surface area contributed by atoms with E-state index < -0.39 is 0 Å². The molecule has 0 atom stereocenters. The molecule has 6 heteroatoms. The first-order valence-corrected chi connectivity index (χ1v) is 9.84. The highest BCUT2D eigenvalue weighted by atomic mass is 79.9. The minimum atomic E-state index is -0.144. The first-order chi connectivity index (χ1) is 14.0. The van der Waals surface area contributed by atoms with E-state index in [1.54, 1.807) is 12.1 Å². The standard InChI is InChI=1S/C23H20BrN3O2/c1-16-8-9-22(21(24)10-16)27-23(28)14-26-19-6-3-7-20(12-19)29-15-18-5-2-4-17(11-18)13-25/h2-12,26H,14-15H2,1H3,(H,27,28). The number of ether oxygens (including phenoxy) is 1. The van der Waals surface area contributed by atoms with Crippen LogP contribution in [-0.4, -0.2) is 12.5 Å². The fourth-order valence-electron chi connectivity index (χ4n) is 2.69. The Balaban J connectivity index is 1.54. The van der Waals surface area contributed by atoms with Gasteiger partial charge >= 0.3 is 0 Å². The molecule has 0 aromatic heterocycles. The normalized spacial score (nSPS) is 10.1. The zero-order valence-corrected chi connectivity index (χ0v) is 17.5. The first-order valence-electron chi connectivity index (χ1n) is 9.05. The summed E-state index contributed by atoms with van der Waals surface area (Å²) in [6, 6.07) is 22.6. The second kappa shape index (κ2) is 9.76. The Morgan fingerprint density at radius 1 is 1.10 bits per heavy atom. The van der Waals surface area contributed by atoms with Gasteiger partial charge in [-0.3, -0.25) is 4.79 Å². The van der Waals surface area contributed by atoms with Crippen molar-refractivity contribution in [2.45, 2.75) is 13.5 Å². The molecule has 0 aliphatic heterocycles. The van der Waals surface area contributed by atoms with Crippen molar-refractivity contribution in [3.8, 4) is 11.8 Å². The molecule has 0 bridgehead atoms. The van der Waals surface area contributed by atoms with E-state index in [-0.39, 0.29) is 12.5 Å². The molecule has 0 saturated carbocycles. The Kier molecular flexibility index (Phi) is 6.88. The summed E-state index contributed by atoms with van der Waals surface area (Å²) < 4.78 is 6.65. The minimum absolute atomic E-state index is 0.133. The maximum Gasteiger partial charge on any atom is 0.243 e. The summed E-state index contributed by atoms with van der Waals surface area (Å²) in [5.41, 5.74) is 4.16. The van der Waals surface area contributed by atoms with Gasteiger partial charge in [0.1, 0.15) is 12.4 Å². The van der Waals surface area contributed by atoms with E-state index in [0.29, 0.717) is 17.9 Å². The van der Waals surface area contributed by atoms with Crippen LogP contribution in [0.25, 0.3) is 0 Å². The monoisotopic (exact) mass is 449 g/mol. The molecule has 0 saturated heterocycles. The zero-order chi connectivity index (χ0) is 20.6. The lowest BCUT2D eigenvalue weighted by atomic mass is 10.1. The summed E-state index contributed by atoms with van der Waals surface area (Å²) in [5, 5.41) is 14.9. The van der Waals surface area contributed by atoms with Gasteiger partial charge in [-0.2, -0.15) is 5.26 Å². The third kappa shape index (κ3) is 6.09. The summed E-state index contributed by atoms with van der Waals surface area (Å²) >= 11 is 3.46. The number of carbonyl (C=O) groups is 1. The highest BCUT2D eigenvalue weighted by Gasteiger charge is 2.06. The molecular weight excluding hydrogens is 430 g/mol.